The summed E-state index contributed by atoms with van der Waals surface area (Å²) in [6.07, 6.45) is 2.29. The SMILES string of the molecule is CC(C)(C)OC(=O)NCCCCCC(=O)Nc1ccc2c(c1)CN1C(=O)c3ccccc3C1=N2. The zero-order valence-corrected chi connectivity index (χ0v) is 19.8. The zero-order valence-electron chi connectivity index (χ0n) is 19.8. The summed E-state index contributed by atoms with van der Waals surface area (Å²) in [4.78, 5) is 43.1. The van der Waals surface area contributed by atoms with Crippen LogP contribution in [0.5, 0.6) is 0 Å². The Morgan fingerprint density at radius 3 is 2.59 bits per heavy atom. The first-order valence-corrected chi connectivity index (χ1v) is 11.6. The molecule has 2 aromatic carbocycles. The van der Waals surface area contributed by atoms with E-state index in [9.17, 15) is 14.4 Å². The largest absolute Gasteiger partial charge is 0.444 e. The molecule has 2 aliphatic rings. The number of anilines is 1. The molecule has 0 radical (unpaired) electrons. The van der Waals surface area contributed by atoms with Crippen LogP contribution >= 0.6 is 0 Å². The lowest BCUT2D eigenvalue weighted by atomic mass is 10.1. The average molecular weight is 463 g/mol. The first-order valence-electron chi connectivity index (χ1n) is 11.6. The van der Waals surface area contributed by atoms with Crippen LogP contribution in [0.15, 0.2) is 47.5 Å². The van der Waals surface area contributed by atoms with Crippen molar-refractivity contribution in [2.75, 3.05) is 11.9 Å². The summed E-state index contributed by atoms with van der Waals surface area (Å²) in [5.41, 5.74) is 3.42. The van der Waals surface area contributed by atoms with Crippen molar-refractivity contribution in [3.8, 4) is 0 Å². The Balaban J connectivity index is 1.24. The van der Waals surface area contributed by atoms with Gasteiger partial charge in [-0.3, -0.25) is 14.5 Å². The van der Waals surface area contributed by atoms with Crippen molar-refractivity contribution in [1.29, 1.82) is 0 Å². The van der Waals surface area contributed by atoms with Gasteiger partial charge >= 0.3 is 6.09 Å². The fourth-order valence-electron chi connectivity index (χ4n) is 4.02. The van der Waals surface area contributed by atoms with Gasteiger partial charge in [-0.1, -0.05) is 24.6 Å². The fraction of sp³-hybridized carbons (Fsp3) is 0.385. The minimum atomic E-state index is -0.511. The first kappa shape index (κ1) is 23.5. The molecule has 0 fully saturated rings. The number of carbonyl (C=O) groups is 3. The van der Waals surface area contributed by atoms with E-state index in [-0.39, 0.29) is 11.8 Å². The fourth-order valence-corrected chi connectivity index (χ4v) is 4.02. The third kappa shape index (κ3) is 5.44. The van der Waals surface area contributed by atoms with Crippen LogP contribution < -0.4 is 10.6 Å². The molecule has 8 heteroatoms. The van der Waals surface area contributed by atoms with Crippen molar-refractivity contribution in [1.82, 2.24) is 10.2 Å². The van der Waals surface area contributed by atoms with E-state index >= 15 is 0 Å². The number of hydrogen-bond donors (Lipinski definition) is 2. The topological polar surface area (TPSA) is 100 Å². The summed E-state index contributed by atoms with van der Waals surface area (Å²) in [5.74, 6) is 0.575. The highest BCUT2D eigenvalue weighted by atomic mass is 16.6. The number of benzene rings is 2. The van der Waals surface area contributed by atoms with Gasteiger partial charge in [-0.25, -0.2) is 9.79 Å². The Hall–Kier alpha value is -3.68. The Labute approximate surface area is 199 Å². The lowest BCUT2D eigenvalue weighted by molar-refractivity contribution is -0.116. The predicted molar refractivity (Wildman–Crippen MR) is 130 cm³/mol. The molecule has 178 valence electrons. The molecule has 0 unspecified atom stereocenters. The molecule has 0 saturated heterocycles. The molecular weight excluding hydrogens is 432 g/mol. The van der Waals surface area contributed by atoms with Crippen LogP contribution in [0.1, 0.15) is 67.9 Å². The van der Waals surface area contributed by atoms with E-state index in [1.165, 1.54) is 0 Å². The van der Waals surface area contributed by atoms with Gasteiger partial charge in [-0.05, 0) is 63.4 Å². The first-order chi connectivity index (χ1) is 16.2. The Kier molecular flexibility index (Phi) is 6.68. The van der Waals surface area contributed by atoms with E-state index in [1.807, 2.05) is 63.2 Å². The molecule has 4 rings (SSSR count). The average Bonchev–Trinajstić information content (AvgIpc) is 3.05. The van der Waals surface area contributed by atoms with Gasteiger partial charge in [0.1, 0.15) is 11.4 Å². The number of unbranched alkanes of at least 4 members (excludes halogenated alkanes) is 2. The van der Waals surface area contributed by atoms with E-state index in [0.29, 0.717) is 36.6 Å². The van der Waals surface area contributed by atoms with Crippen LogP contribution in [0, 0.1) is 0 Å². The normalized spacial score (nSPS) is 14.0. The minimum absolute atomic E-state index is 0.0457. The molecule has 2 N–H and O–H groups in total. The Bertz CT molecular complexity index is 1150. The van der Waals surface area contributed by atoms with E-state index < -0.39 is 11.7 Å². The van der Waals surface area contributed by atoms with Crippen LogP contribution in [0.2, 0.25) is 0 Å². The van der Waals surface area contributed by atoms with Crippen molar-refractivity contribution in [2.24, 2.45) is 4.99 Å². The highest BCUT2D eigenvalue weighted by Crippen LogP contribution is 2.35. The lowest BCUT2D eigenvalue weighted by Gasteiger charge is -2.23. The quantitative estimate of drug-likeness (QED) is 0.580. The number of amidine groups is 1. The van der Waals surface area contributed by atoms with Gasteiger partial charge in [0.2, 0.25) is 5.91 Å². The Morgan fingerprint density at radius 2 is 1.82 bits per heavy atom. The van der Waals surface area contributed by atoms with Gasteiger partial charge in [-0.15, -0.1) is 0 Å². The minimum Gasteiger partial charge on any atom is -0.444 e. The number of hydrogen-bond acceptors (Lipinski definition) is 5. The number of nitrogens with one attached hydrogen (secondary N) is 2. The molecule has 0 atom stereocenters. The van der Waals surface area contributed by atoms with Crippen LogP contribution in [-0.4, -0.2) is 40.8 Å². The predicted octanol–water partition coefficient (Wildman–Crippen LogP) is 4.76. The van der Waals surface area contributed by atoms with Crippen molar-refractivity contribution >= 4 is 35.1 Å². The van der Waals surface area contributed by atoms with E-state index in [2.05, 4.69) is 10.6 Å². The summed E-state index contributed by atoms with van der Waals surface area (Å²) in [6.45, 7) is 6.41. The number of carbonyl (C=O) groups excluding carboxylic acids is 3. The van der Waals surface area contributed by atoms with Gasteiger partial charge in [0.05, 0.1) is 17.8 Å². The standard InChI is InChI=1S/C26H30N4O4/c1-26(2,3)34-25(33)27-14-8-4-5-11-22(31)28-18-12-13-21-17(15-18)16-30-23(29-21)19-9-6-7-10-20(19)24(30)32/h6-7,9-10,12-13,15H,4-5,8,11,14,16H2,1-3H3,(H,27,33)(H,28,31). The van der Waals surface area contributed by atoms with Crippen LogP contribution in [0.4, 0.5) is 16.2 Å². The molecule has 2 aromatic rings. The molecule has 2 aliphatic heterocycles. The third-order valence-corrected chi connectivity index (χ3v) is 5.57. The second-order valence-electron chi connectivity index (χ2n) is 9.50. The molecule has 0 saturated carbocycles. The number of amides is 3. The highest BCUT2D eigenvalue weighted by Gasteiger charge is 2.36. The number of aliphatic imine (C=N–C) groups is 1. The Morgan fingerprint density at radius 1 is 1.06 bits per heavy atom. The highest BCUT2D eigenvalue weighted by molar-refractivity contribution is 6.24. The van der Waals surface area contributed by atoms with Gasteiger partial charge < -0.3 is 15.4 Å². The summed E-state index contributed by atoms with van der Waals surface area (Å²) in [6, 6.07) is 13.1. The van der Waals surface area contributed by atoms with Crippen LogP contribution in [0.3, 0.4) is 0 Å². The molecule has 0 aromatic heterocycles. The molecule has 8 nitrogen and oxygen atoms in total. The second kappa shape index (κ2) is 9.67. The molecule has 0 bridgehead atoms. The number of alkyl carbamates (subject to hydrolysis) is 1. The lowest BCUT2D eigenvalue weighted by Crippen LogP contribution is -2.33. The van der Waals surface area contributed by atoms with Gasteiger partial charge in [0.15, 0.2) is 0 Å². The van der Waals surface area contributed by atoms with Crippen LogP contribution in [-0.2, 0) is 16.1 Å². The van der Waals surface area contributed by atoms with E-state index in [0.717, 1.165) is 36.1 Å². The number of rotatable bonds is 7. The zero-order chi connectivity index (χ0) is 24.3. The van der Waals surface area contributed by atoms with Crippen molar-refractivity contribution < 1.29 is 19.1 Å². The van der Waals surface area contributed by atoms with Gasteiger partial charge in [0.25, 0.3) is 5.91 Å². The van der Waals surface area contributed by atoms with Crippen molar-refractivity contribution in [3.63, 3.8) is 0 Å². The second-order valence-corrected chi connectivity index (χ2v) is 9.50. The molecule has 2 heterocycles. The van der Waals surface area contributed by atoms with Crippen molar-refractivity contribution in [2.45, 2.75) is 58.6 Å². The molecule has 0 spiro atoms. The van der Waals surface area contributed by atoms with Crippen molar-refractivity contribution in [3.05, 3.63) is 59.2 Å². The van der Waals surface area contributed by atoms with E-state index in [1.54, 1.807) is 4.90 Å². The van der Waals surface area contributed by atoms with E-state index in [4.69, 9.17) is 9.73 Å². The maximum absolute atomic E-state index is 12.7. The number of ether oxygens (including phenoxy) is 1. The molecule has 0 aliphatic carbocycles. The smallest absolute Gasteiger partial charge is 0.407 e. The summed E-state index contributed by atoms with van der Waals surface area (Å²) in [5, 5.41) is 5.66. The molecule has 3 amide bonds. The van der Waals surface area contributed by atoms with Gasteiger partial charge in [-0.2, -0.15) is 0 Å². The molecule has 34 heavy (non-hydrogen) atoms. The summed E-state index contributed by atoms with van der Waals surface area (Å²) >= 11 is 0. The van der Waals surface area contributed by atoms with Crippen LogP contribution in [0.25, 0.3) is 0 Å². The number of fused-ring (bicyclic) bond motifs is 4. The van der Waals surface area contributed by atoms with Gasteiger partial charge in [0, 0.05) is 24.2 Å². The summed E-state index contributed by atoms with van der Waals surface area (Å²) < 4.78 is 5.19. The maximum atomic E-state index is 12.7. The number of nitrogens with zero attached hydrogens (tertiary/aromatic N) is 2. The summed E-state index contributed by atoms with van der Waals surface area (Å²) in [7, 11) is 0. The monoisotopic (exact) mass is 462 g/mol. The molecular formula is C26H30N4O4. The maximum Gasteiger partial charge on any atom is 0.407 e. The third-order valence-electron chi connectivity index (χ3n) is 5.57.